The minimum Gasteiger partial charge on any atom is -0.355 e. The fourth-order valence-electron chi connectivity index (χ4n) is 2.56. The Morgan fingerprint density at radius 2 is 2.10 bits per heavy atom. The average molecular weight is 289 g/mol. The van der Waals surface area contributed by atoms with Crippen molar-refractivity contribution in [2.45, 2.75) is 45.3 Å². The predicted octanol–water partition coefficient (Wildman–Crippen LogP) is 1.55. The first-order valence-corrected chi connectivity index (χ1v) is 7.86. The lowest BCUT2D eigenvalue weighted by atomic mass is 9.95. The van der Waals surface area contributed by atoms with E-state index in [0.29, 0.717) is 6.04 Å². The van der Waals surface area contributed by atoms with Crippen molar-refractivity contribution in [3.05, 3.63) is 35.4 Å². The van der Waals surface area contributed by atoms with E-state index < -0.39 is 0 Å². The summed E-state index contributed by atoms with van der Waals surface area (Å²) in [4.78, 5) is 14.5. The molecule has 2 rings (SSSR count). The molecule has 0 aromatic heterocycles. The van der Waals surface area contributed by atoms with Crippen molar-refractivity contribution < 1.29 is 4.79 Å². The van der Waals surface area contributed by atoms with E-state index in [4.69, 9.17) is 0 Å². The van der Waals surface area contributed by atoms with Crippen molar-refractivity contribution in [1.82, 2.24) is 15.5 Å². The number of carbonyl (C=O) groups is 1. The summed E-state index contributed by atoms with van der Waals surface area (Å²) in [6.07, 6.45) is 1.78. The largest absolute Gasteiger partial charge is 0.355 e. The lowest BCUT2D eigenvalue weighted by Crippen LogP contribution is -2.48. The van der Waals surface area contributed by atoms with Crippen LogP contribution >= 0.6 is 0 Å². The van der Waals surface area contributed by atoms with E-state index in [1.807, 2.05) is 12.1 Å². The molecule has 2 N–H and O–H groups in total. The number of nitrogens with one attached hydrogen (secondary N) is 2. The van der Waals surface area contributed by atoms with Crippen LogP contribution in [0.1, 0.15) is 31.4 Å². The molecular weight excluding hydrogens is 262 g/mol. The second-order valence-electron chi connectivity index (χ2n) is 6.13. The zero-order valence-electron chi connectivity index (χ0n) is 13.4. The average Bonchev–Trinajstić information content (AvgIpc) is 2.50. The van der Waals surface area contributed by atoms with Gasteiger partial charge in [0.25, 0.3) is 0 Å². The molecule has 0 spiro atoms. The first kappa shape index (κ1) is 16.0. The minimum absolute atomic E-state index is 0.0947. The van der Waals surface area contributed by atoms with Crippen LogP contribution in [0, 0.1) is 0 Å². The first-order valence-electron chi connectivity index (χ1n) is 7.86. The second-order valence-corrected chi connectivity index (χ2v) is 6.13. The van der Waals surface area contributed by atoms with Gasteiger partial charge in [-0.15, -0.1) is 0 Å². The van der Waals surface area contributed by atoms with Crippen LogP contribution in [0.2, 0.25) is 0 Å². The lowest BCUT2D eigenvalue weighted by molar-refractivity contribution is -0.123. The van der Waals surface area contributed by atoms with Crippen LogP contribution in [0.25, 0.3) is 0 Å². The highest BCUT2D eigenvalue weighted by Crippen LogP contribution is 2.16. The Morgan fingerprint density at radius 3 is 2.81 bits per heavy atom. The Hall–Kier alpha value is -1.39. The van der Waals surface area contributed by atoms with E-state index in [1.54, 1.807) is 0 Å². The summed E-state index contributed by atoms with van der Waals surface area (Å²) in [7, 11) is 2.12. The molecule has 0 radical (unpaired) electrons. The standard InChI is InChI=1S/C17H27N3O/c1-13(2)20(3)10-6-9-18-17(21)16-11-14-7-4-5-8-15(14)12-19-16/h4-5,7-8,13,16,19H,6,9-12H2,1-3H3,(H,18,21)/t16-/m0/s1. The number of hydrogen-bond donors (Lipinski definition) is 2. The number of fused-ring (bicyclic) bond motifs is 1. The maximum Gasteiger partial charge on any atom is 0.237 e. The molecule has 4 heteroatoms. The monoisotopic (exact) mass is 289 g/mol. The van der Waals surface area contributed by atoms with Crippen molar-refractivity contribution >= 4 is 5.91 Å². The van der Waals surface area contributed by atoms with E-state index in [2.05, 4.69) is 48.6 Å². The summed E-state index contributed by atoms with van der Waals surface area (Å²) >= 11 is 0. The molecule has 1 aliphatic heterocycles. The molecule has 0 saturated carbocycles. The quantitative estimate of drug-likeness (QED) is 0.781. The van der Waals surface area contributed by atoms with E-state index in [1.165, 1.54) is 11.1 Å². The van der Waals surface area contributed by atoms with E-state index >= 15 is 0 Å². The van der Waals surface area contributed by atoms with Gasteiger partial charge in [-0.05, 0) is 51.4 Å². The molecule has 0 unspecified atom stereocenters. The molecule has 0 aliphatic carbocycles. The molecule has 4 nitrogen and oxygen atoms in total. The Bertz CT molecular complexity index is 473. The SMILES string of the molecule is CC(C)N(C)CCCNC(=O)[C@@H]1Cc2ccccc2CN1. The Kier molecular flexibility index (Phi) is 5.76. The fraction of sp³-hybridized carbons (Fsp3) is 0.588. The van der Waals surface area contributed by atoms with Gasteiger partial charge in [-0.25, -0.2) is 0 Å². The molecule has 1 aromatic rings. The van der Waals surface area contributed by atoms with E-state index in [9.17, 15) is 4.79 Å². The molecule has 0 bridgehead atoms. The van der Waals surface area contributed by atoms with Crippen LogP contribution in [-0.4, -0.2) is 43.0 Å². The van der Waals surface area contributed by atoms with E-state index in [-0.39, 0.29) is 11.9 Å². The topological polar surface area (TPSA) is 44.4 Å². The molecule has 1 heterocycles. The Labute approximate surface area is 127 Å². The van der Waals surface area contributed by atoms with Crippen LogP contribution in [0.5, 0.6) is 0 Å². The number of carbonyl (C=O) groups excluding carboxylic acids is 1. The molecule has 1 amide bonds. The molecule has 0 fully saturated rings. The normalized spacial score (nSPS) is 17.9. The summed E-state index contributed by atoms with van der Waals surface area (Å²) in [5, 5.41) is 6.37. The third kappa shape index (κ3) is 4.55. The maximum atomic E-state index is 12.2. The number of benzene rings is 1. The van der Waals surface area contributed by atoms with Crippen molar-refractivity contribution in [3.63, 3.8) is 0 Å². The minimum atomic E-state index is -0.0947. The lowest BCUT2D eigenvalue weighted by Gasteiger charge is -2.25. The summed E-state index contributed by atoms with van der Waals surface area (Å²) in [5.74, 6) is 0.122. The van der Waals surface area contributed by atoms with Gasteiger partial charge in [0, 0.05) is 19.1 Å². The summed E-state index contributed by atoms with van der Waals surface area (Å²) in [5.41, 5.74) is 2.59. The highest BCUT2D eigenvalue weighted by atomic mass is 16.2. The third-order valence-corrected chi connectivity index (χ3v) is 4.27. The van der Waals surface area contributed by atoms with Gasteiger partial charge in [-0.3, -0.25) is 4.79 Å². The Morgan fingerprint density at radius 1 is 1.38 bits per heavy atom. The predicted molar refractivity (Wildman–Crippen MR) is 86.2 cm³/mol. The highest BCUT2D eigenvalue weighted by molar-refractivity contribution is 5.82. The summed E-state index contributed by atoms with van der Waals surface area (Å²) < 4.78 is 0. The van der Waals surface area contributed by atoms with E-state index in [0.717, 1.165) is 32.5 Å². The van der Waals surface area contributed by atoms with Crippen LogP contribution in [0.3, 0.4) is 0 Å². The van der Waals surface area contributed by atoms with Crippen LogP contribution in [-0.2, 0) is 17.8 Å². The maximum absolute atomic E-state index is 12.2. The van der Waals surface area contributed by atoms with Gasteiger partial charge >= 0.3 is 0 Å². The molecule has 1 aliphatic rings. The van der Waals surface area contributed by atoms with Gasteiger partial charge in [-0.1, -0.05) is 24.3 Å². The fourth-order valence-corrected chi connectivity index (χ4v) is 2.56. The third-order valence-electron chi connectivity index (χ3n) is 4.27. The number of nitrogens with zero attached hydrogens (tertiary/aromatic N) is 1. The van der Waals surface area contributed by atoms with Gasteiger partial charge in [0.15, 0.2) is 0 Å². The molecule has 1 aromatic carbocycles. The Balaban J connectivity index is 1.73. The zero-order chi connectivity index (χ0) is 15.2. The summed E-state index contributed by atoms with van der Waals surface area (Å²) in [6.45, 7) is 6.91. The van der Waals surface area contributed by atoms with Crippen molar-refractivity contribution in [2.75, 3.05) is 20.1 Å². The van der Waals surface area contributed by atoms with Crippen LogP contribution < -0.4 is 10.6 Å². The highest BCUT2D eigenvalue weighted by Gasteiger charge is 2.23. The molecule has 116 valence electrons. The number of rotatable bonds is 6. The zero-order valence-corrected chi connectivity index (χ0v) is 13.4. The number of hydrogen-bond acceptors (Lipinski definition) is 3. The molecule has 0 saturated heterocycles. The van der Waals surface area contributed by atoms with Crippen molar-refractivity contribution in [1.29, 1.82) is 0 Å². The molecule has 1 atom stereocenters. The van der Waals surface area contributed by atoms with Gasteiger partial charge in [-0.2, -0.15) is 0 Å². The number of amides is 1. The smallest absolute Gasteiger partial charge is 0.237 e. The van der Waals surface area contributed by atoms with Gasteiger partial charge < -0.3 is 15.5 Å². The summed E-state index contributed by atoms with van der Waals surface area (Å²) in [6, 6.07) is 8.79. The van der Waals surface area contributed by atoms with Gasteiger partial charge in [0.2, 0.25) is 5.91 Å². The van der Waals surface area contributed by atoms with Crippen molar-refractivity contribution in [3.8, 4) is 0 Å². The van der Waals surface area contributed by atoms with Gasteiger partial charge in [0.05, 0.1) is 6.04 Å². The van der Waals surface area contributed by atoms with Gasteiger partial charge in [0.1, 0.15) is 0 Å². The molecular formula is C17H27N3O. The van der Waals surface area contributed by atoms with Crippen molar-refractivity contribution in [2.24, 2.45) is 0 Å². The van der Waals surface area contributed by atoms with Crippen LogP contribution in [0.4, 0.5) is 0 Å². The first-order chi connectivity index (χ1) is 10.1. The van der Waals surface area contributed by atoms with Crippen LogP contribution in [0.15, 0.2) is 24.3 Å². The molecule has 21 heavy (non-hydrogen) atoms. The second kappa shape index (κ2) is 7.57.